The van der Waals surface area contributed by atoms with E-state index in [0.29, 0.717) is 17.1 Å². The van der Waals surface area contributed by atoms with Crippen molar-refractivity contribution in [3.8, 4) is 34.3 Å². The van der Waals surface area contributed by atoms with Crippen LogP contribution in [0.4, 0.5) is 0 Å². The molecule has 4 aromatic rings. The monoisotopic (exact) mass is 346 g/mol. The average Bonchev–Trinajstić information content (AvgIpc) is 2.67. The third kappa shape index (κ3) is 2.36. The number of aromatic hydroxyl groups is 3. The molecule has 0 unspecified atom stereocenters. The van der Waals surface area contributed by atoms with Crippen LogP contribution in [0.25, 0.3) is 28.0 Å². The summed E-state index contributed by atoms with van der Waals surface area (Å²) in [7, 11) is 0. The van der Waals surface area contributed by atoms with Crippen molar-refractivity contribution in [2.45, 2.75) is 0 Å². The van der Waals surface area contributed by atoms with Crippen molar-refractivity contribution in [1.29, 1.82) is 0 Å². The molecular weight excluding hydrogens is 332 g/mol. The first-order valence-electron chi connectivity index (χ1n) is 7.89. The van der Waals surface area contributed by atoms with Gasteiger partial charge in [-0.3, -0.25) is 9.36 Å². The lowest BCUT2D eigenvalue weighted by atomic mass is 10.1. The summed E-state index contributed by atoms with van der Waals surface area (Å²) in [4.78, 5) is 17.7. The SMILES string of the molecule is O=c1c2c(O)c(O)c(O)cc2nc(-c2ccccc2)n1-c1ccccc1. The highest BCUT2D eigenvalue weighted by Gasteiger charge is 2.20. The van der Waals surface area contributed by atoms with Crippen LogP contribution in [0.5, 0.6) is 17.2 Å². The minimum atomic E-state index is -0.747. The van der Waals surface area contributed by atoms with Crippen molar-refractivity contribution >= 4 is 10.9 Å². The third-order valence-electron chi connectivity index (χ3n) is 4.13. The van der Waals surface area contributed by atoms with Crippen LogP contribution >= 0.6 is 0 Å². The quantitative estimate of drug-likeness (QED) is 0.485. The third-order valence-corrected chi connectivity index (χ3v) is 4.13. The van der Waals surface area contributed by atoms with Crippen LogP contribution in [-0.4, -0.2) is 24.9 Å². The average molecular weight is 346 g/mol. The van der Waals surface area contributed by atoms with Crippen LogP contribution in [0.3, 0.4) is 0 Å². The smallest absolute Gasteiger partial charge is 0.270 e. The molecule has 0 bridgehead atoms. The summed E-state index contributed by atoms with van der Waals surface area (Å²) < 4.78 is 1.37. The molecule has 0 aliphatic heterocycles. The normalized spacial score (nSPS) is 10.9. The maximum Gasteiger partial charge on any atom is 0.270 e. The second kappa shape index (κ2) is 5.93. The number of rotatable bonds is 2. The molecule has 3 aromatic carbocycles. The first-order valence-corrected chi connectivity index (χ1v) is 7.89. The molecule has 1 aromatic heterocycles. The maximum atomic E-state index is 13.2. The van der Waals surface area contributed by atoms with Gasteiger partial charge < -0.3 is 15.3 Å². The van der Waals surface area contributed by atoms with Crippen LogP contribution in [-0.2, 0) is 0 Å². The molecule has 0 saturated heterocycles. The first-order chi connectivity index (χ1) is 12.6. The molecular formula is C20H14N2O4. The molecule has 0 aliphatic carbocycles. The number of benzene rings is 3. The number of phenols is 3. The lowest BCUT2D eigenvalue weighted by Gasteiger charge is -2.15. The highest BCUT2D eigenvalue weighted by Crippen LogP contribution is 2.39. The van der Waals surface area contributed by atoms with Gasteiger partial charge in [0.2, 0.25) is 5.75 Å². The van der Waals surface area contributed by atoms with Crippen LogP contribution in [0.1, 0.15) is 0 Å². The van der Waals surface area contributed by atoms with Gasteiger partial charge in [0.1, 0.15) is 11.2 Å². The zero-order chi connectivity index (χ0) is 18.3. The van der Waals surface area contributed by atoms with E-state index >= 15 is 0 Å². The Bertz CT molecular complexity index is 1170. The molecule has 0 spiro atoms. The van der Waals surface area contributed by atoms with E-state index in [4.69, 9.17) is 0 Å². The summed E-state index contributed by atoms with van der Waals surface area (Å²) in [5, 5.41) is 29.6. The molecule has 0 radical (unpaired) electrons. The molecule has 0 saturated carbocycles. The Morgan fingerprint density at radius 1 is 0.808 bits per heavy atom. The van der Waals surface area contributed by atoms with Gasteiger partial charge in [-0.2, -0.15) is 0 Å². The Hall–Kier alpha value is -3.80. The number of para-hydroxylation sites is 1. The molecule has 4 rings (SSSR count). The summed E-state index contributed by atoms with van der Waals surface area (Å²) in [6, 6.07) is 19.2. The van der Waals surface area contributed by atoms with Gasteiger partial charge in [0, 0.05) is 11.6 Å². The number of hydrogen-bond acceptors (Lipinski definition) is 5. The molecule has 0 aliphatic rings. The van der Waals surface area contributed by atoms with E-state index in [1.807, 2.05) is 36.4 Å². The van der Waals surface area contributed by atoms with E-state index < -0.39 is 22.8 Å². The van der Waals surface area contributed by atoms with Crippen LogP contribution in [0.2, 0.25) is 0 Å². The van der Waals surface area contributed by atoms with Crippen molar-refractivity contribution in [2.24, 2.45) is 0 Å². The van der Waals surface area contributed by atoms with Crippen molar-refractivity contribution in [1.82, 2.24) is 9.55 Å². The van der Waals surface area contributed by atoms with Crippen LogP contribution in [0.15, 0.2) is 71.5 Å². The highest BCUT2D eigenvalue weighted by molar-refractivity contribution is 5.90. The minimum absolute atomic E-state index is 0.0915. The Balaban J connectivity index is 2.19. The summed E-state index contributed by atoms with van der Waals surface area (Å²) in [5.41, 5.74) is 0.807. The van der Waals surface area contributed by atoms with Gasteiger partial charge in [0.15, 0.2) is 11.5 Å². The van der Waals surface area contributed by atoms with Crippen molar-refractivity contribution in [3.05, 3.63) is 77.1 Å². The van der Waals surface area contributed by atoms with Crippen molar-refractivity contribution < 1.29 is 15.3 Å². The fourth-order valence-electron chi connectivity index (χ4n) is 2.90. The Morgan fingerprint density at radius 2 is 1.42 bits per heavy atom. The summed E-state index contributed by atoms with van der Waals surface area (Å²) in [6.07, 6.45) is 0. The molecule has 0 amide bonds. The lowest BCUT2D eigenvalue weighted by Crippen LogP contribution is -2.22. The topological polar surface area (TPSA) is 95.6 Å². The standard InChI is InChI=1S/C20H14N2O4/c23-15-11-14-16(18(25)17(15)24)20(26)22(13-9-5-2-6-10-13)19(21-14)12-7-3-1-4-8-12/h1-11,23-25H. The second-order valence-corrected chi connectivity index (χ2v) is 5.76. The fourth-order valence-corrected chi connectivity index (χ4v) is 2.90. The Labute approximate surface area is 147 Å². The summed E-state index contributed by atoms with van der Waals surface area (Å²) in [5.74, 6) is -1.62. The van der Waals surface area contributed by atoms with Gasteiger partial charge >= 0.3 is 0 Å². The molecule has 0 fully saturated rings. The molecule has 128 valence electrons. The lowest BCUT2D eigenvalue weighted by molar-refractivity contribution is 0.371. The number of nitrogens with zero attached hydrogens (tertiary/aromatic N) is 2. The van der Waals surface area contributed by atoms with Gasteiger partial charge in [-0.05, 0) is 12.1 Å². The zero-order valence-corrected chi connectivity index (χ0v) is 13.5. The molecule has 6 nitrogen and oxygen atoms in total. The van der Waals surface area contributed by atoms with E-state index in [1.54, 1.807) is 24.3 Å². The number of fused-ring (bicyclic) bond motifs is 1. The Morgan fingerprint density at radius 3 is 2.08 bits per heavy atom. The molecule has 0 atom stereocenters. The van der Waals surface area contributed by atoms with Gasteiger partial charge in [-0.25, -0.2) is 4.98 Å². The van der Waals surface area contributed by atoms with Crippen LogP contribution in [0, 0.1) is 0 Å². The van der Waals surface area contributed by atoms with E-state index in [0.717, 1.165) is 6.07 Å². The van der Waals surface area contributed by atoms with E-state index in [9.17, 15) is 20.1 Å². The molecule has 1 heterocycles. The predicted molar refractivity (Wildman–Crippen MR) is 97.8 cm³/mol. The largest absolute Gasteiger partial charge is 0.504 e. The second-order valence-electron chi connectivity index (χ2n) is 5.76. The van der Waals surface area contributed by atoms with E-state index in [1.165, 1.54) is 4.57 Å². The number of aromatic nitrogens is 2. The van der Waals surface area contributed by atoms with E-state index in [2.05, 4.69) is 4.98 Å². The van der Waals surface area contributed by atoms with Gasteiger partial charge in [-0.15, -0.1) is 0 Å². The first kappa shape index (κ1) is 15.7. The van der Waals surface area contributed by atoms with Crippen LogP contribution < -0.4 is 5.56 Å². The highest BCUT2D eigenvalue weighted by atomic mass is 16.3. The van der Waals surface area contributed by atoms with Gasteiger partial charge in [-0.1, -0.05) is 48.5 Å². The molecule has 6 heteroatoms. The minimum Gasteiger partial charge on any atom is -0.504 e. The van der Waals surface area contributed by atoms with Gasteiger partial charge in [0.05, 0.1) is 11.2 Å². The van der Waals surface area contributed by atoms with E-state index in [-0.39, 0.29) is 10.9 Å². The Kier molecular flexibility index (Phi) is 3.58. The van der Waals surface area contributed by atoms with Crippen molar-refractivity contribution in [3.63, 3.8) is 0 Å². The fraction of sp³-hybridized carbons (Fsp3) is 0. The zero-order valence-electron chi connectivity index (χ0n) is 13.5. The summed E-state index contributed by atoms with van der Waals surface area (Å²) >= 11 is 0. The maximum absolute atomic E-state index is 13.2. The predicted octanol–water partition coefficient (Wildman–Crippen LogP) is 3.17. The molecule has 3 N–H and O–H groups in total. The summed E-state index contributed by atoms with van der Waals surface area (Å²) in [6.45, 7) is 0. The van der Waals surface area contributed by atoms with Gasteiger partial charge in [0.25, 0.3) is 5.56 Å². The number of phenolic OH excluding ortho intramolecular Hbond substituents is 3. The van der Waals surface area contributed by atoms with Crippen molar-refractivity contribution in [2.75, 3.05) is 0 Å². The molecule has 26 heavy (non-hydrogen) atoms. The number of hydrogen-bond donors (Lipinski definition) is 3.